The van der Waals surface area contributed by atoms with Crippen molar-refractivity contribution in [1.29, 1.82) is 0 Å². The molecule has 0 atom stereocenters. The van der Waals surface area contributed by atoms with Crippen LogP contribution in [0.4, 0.5) is 0 Å². The molecule has 0 saturated heterocycles. The van der Waals surface area contributed by atoms with Crippen molar-refractivity contribution >= 4 is 29.8 Å². The molecular weight excluding hydrogens is 312 g/mol. The molecular formula is C18H16O4S. The fourth-order valence-electron chi connectivity index (χ4n) is 1.84. The third-order valence-electron chi connectivity index (χ3n) is 2.98. The minimum Gasteiger partial charge on any atom is -0.465 e. The SMILES string of the molecule is COC(=O)C(=Cc1ccc(Sc2ccccc2)cc1)C(=O)OC. The molecule has 0 radical (unpaired) electrons. The van der Waals surface area contributed by atoms with Gasteiger partial charge in [-0.1, -0.05) is 42.1 Å². The van der Waals surface area contributed by atoms with Crippen LogP contribution < -0.4 is 0 Å². The van der Waals surface area contributed by atoms with Gasteiger partial charge in [-0.15, -0.1) is 0 Å². The van der Waals surface area contributed by atoms with Crippen LogP contribution in [0.1, 0.15) is 5.56 Å². The van der Waals surface area contributed by atoms with Crippen LogP contribution in [0, 0.1) is 0 Å². The van der Waals surface area contributed by atoms with Crippen molar-refractivity contribution in [2.24, 2.45) is 0 Å². The van der Waals surface area contributed by atoms with Crippen molar-refractivity contribution in [3.63, 3.8) is 0 Å². The summed E-state index contributed by atoms with van der Waals surface area (Å²) in [6.45, 7) is 0. The summed E-state index contributed by atoms with van der Waals surface area (Å²) in [5, 5.41) is 0. The Morgan fingerprint density at radius 1 is 0.826 bits per heavy atom. The Bertz CT molecular complexity index is 688. The molecule has 0 saturated carbocycles. The van der Waals surface area contributed by atoms with Gasteiger partial charge in [0, 0.05) is 9.79 Å². The molecule has 2 aromatic carbocycles. The van der Waals surface area contributed by atoms with Gasteiger partial charge in [-0.25, -0.2) is 9.59 Å². The predicted molar refractivity (Wildman–Crippen MR) is 89.0 cm³/mol. The highest BCUT2D eigenvalue weighted by molar-refractivity contribution is 7.99. The molecule has 0 unspecified atom stereocenters. The van der Waals surface area contributed by atoms with Gasteiger partial charge >= 0.3 is 11.9 Å². The molecule has 0 aliphatic carbocycles. The van der Waals surface area contributed by atoms with Crippen LogP contribution in [-0.4, -0.2) is 26.2 Å². The van der Waals surface area contributed by atoms with E-state index in [2.05, 4.69) is 9.47 Å². The van der Waals surface area contributed by atoms with Gasteiger partial charge < -0.3 is 9.47 Å². The van der Waals surface area contributed by atoms with Gasteiger partial charge in [0.15, 0.2) is 0 Å². The second-order valence-corrected chi connectivity index (χ2v) is 5.67. The molecule has 0 aliphatic heterocycles. The first kappa shape index (κ1) is 16.8. The highest BCUT2D eigenvalue weighted by atomic mass is 32.2. The number of esters is 2. The van der Waals surface area contributed by atoms with Crippen LogP contribution in [0.2, 0.25) is 0 Å². The van der Waals surface area contributed by atoms with Crippen LogP contribution in [0.15, 0.2) is 70.0 Å². The van der Waals surface area contributed by atoms with Gasteiger partial charge in [-0.3, -0.25) is 0 Å². The number of ether oxygens (including phenoxy) is 2. The molecule has 5 heteroatoms. The molecule has 0 aliphatic rings. The monoisotopic (exact) mass is 328 g/mol. The number of methoxy groups -OCH3 is 2. The fourth-order valence-corrected chi connectivity index (χ4v) is 2.68. The van der Waals surface area contributed by atoms with E-state index in [9.17, 15) is 9.59 Å². The molecule has 2 rings (SSSR count). The van der Waals surface area contributed by atoms with E-state index in [-0.39, 0.29) is 5.57 Å². The summed E-state index contributed by atoms with van der Waals surface area (Å²) < 4.78 is 9.20. The van der Waals surface area contributed by atoms with Crippen LogP contribution in [0.25, 0.3) is 6.08 Å². The summed E-state index contributed by atoms with van der Waals surface area (Å²) in [6.07, 6.45) is 1.45. The van der Waals surface area contributed by atoms with Crippen molar-refractivity contribution < 1.29 is 19.1 Å². The quantitative estimate of drug-likeness (QED) is 0.363. The summed E-state index contributed by atoms with van der Waals surface area (Å²) in [7, 11) is 2.44. The normalized spacial score (nSPS) is 9.83. The highest BCUT2D eigenvalue weighted by Gasteiger charge is 2.19. The van der Waals surface area contributed by atoms with Gasteiger partial charge in [0.1, 0.15) is 5.57 Å². The molecule has 0 aromatic heterocycles. The number of carbonyl (C=O) groups is 2. The lowest BCUT2D eigenvalue weighted by atomic mass is 10.1. The van der Waals surface area contributed by atoms with Crippen molar-refractivity contribution in [1.82, 2.24) is 0 Å². The molecule has 0 N–H and O–H groups in total. The minimum atomic E-state index is -0.723. The van der Waals surface area contributed by atoms with E-state index in [1.165, 1.54) is 20.3 Å². The molecule has 118 valence electrons. The van der Waals surface area contributed by atoms with Gasteiger partial charge in [-0.2, -0.15) is 0 Å². The summed E-state index contributed by atoms with van der Waals surface area (Å²) in [6, 6.07) is 17.5. The van der Waals surface area contributed by atoms with Crippen LogP contribution in [0.3, 0.4) is 0 Å². The number of carbonyl (C=O) groups excluding carboxylic acids is 2. The standard InChI is InChI=1S/C18H16O4S/c1-21-17(19)16(18(20)22-2)12-13-8-10-15(11-9-13)23-14-6-4-3-5-7-14/h3-12H,1-2H3. The van der Waals surface area contributed by atoms with Crippen molar-refractivity contribution in [3.8, 4) is 0 Å². The Hall–Kier alpha value is -2.53. The lowest BCUT2D eigenvalue weighted by molar-refractivity contribution is -0.143. The van der Waals surface area contributed by atoms with E-state index < -0.39 is 11.9 Å². The molecule has 23 heavy (non-hydrogen) atoms. The number of hydrogen-bond acceptors (Lipinski definition) is 5. The van der Waals surface area contributed by atoms with E-state index in [0.717, 1.165) is 9.79 Å². The first-order valence-corrected chi connectivity index (χ1v) is 7.67. The number of hydrogen-bond donors (Lipinski definition) is 0. The van der Waals surface area contributed by atoms with Crippen LogP contribution in [0.5, 0.6) is 0 Å². The number of benzene rings is 2. The zero-order valence-electron chi connectivity index (χ0n) is 12.8. The van der Waals surface area contributed by atoms with E-state index in [0.29, 0.717) is 5.56 Å². The van der Waals surface area contributed by atoms with Crippen LogP contribution in [-0.2, 0) is 19.1 Å². The van der Waals surface area contributed by atoms with Gasteiger partial charge in [-0.05, 0) is 35.9 Å². The topological polar surface area (TPSA) is 52.6 Å². The van der Waals surface area contributed by atoms with Gasteiger partial charge in [0.2, 0.25) is 0 Å². The summed E-state index contributed by atoms with van der Waals surface area (Å²) in [5.41, 5.74) is 0.576. The Balaban J connectivity index is 2.19. The second kappa shape index (κ2) is 8.19. The summed E-state index contributed by atoms with van der Waals surface area (Å²) in [5.74, 6) is -1.45. The first-order valence-electron chi connectivity index (χ1n) is 6.85. The van der Waals surface area contributed by atoms with Gasteiger partial charge in [0.25, 0.3) is 0 Å². The zero-order chi connectivity index (χ0) is 16.7. The Kier molecular flexibility index (Phi) is 6.00. The molecule has 0 heterocycles. The maximum atomic E-state index is 11.6. The van der Waals surface area contributed by atoms with Crippen molar-refractivity contribution in [3.05, 3.63) is 65.7 Å². The predicted octanol–water partition coefficient (Wildman–Crippen LogP) is 3.57. The van der Waals surface area contributed by atoms with Crippen molar-refractivity contribution in [2.75, 3.05) is 14.2 Å². The fraction of sp³-hybridized carbons (Fsp3) is 0.111. The molecule has 0 amide bonds. The lowest BCUT2D eigenvalue weighted by Crippen LogP contribution is -2.15. The maximum Gasteiger partial charge on any atom is 0.345 e. The van der Waals surface area contributed by atoms with E-state index in [1.54, 1.807) is 11.8 Å². The third kappa shape index (κ3) is 4.72. The van der Waals surface area contributed by atoms with Gasteiger partial charge in [0.05, 0.1) is 14.2 Å². The average Bonchev–Trinajstić information content (AvgIpc) is 2.60. The van der Waals surface area contributed by atoms with E-state index in [1.807, 2.05) is 54.6 Å². The summed E-state index contributed by atoms with van der Waals surface area (Å²) in [4.78, 5) is 25.5. The zero-order valence-corrected chi connectivity index (χ0v) is 13.6. The van der Waals surface area contributed by atoms with Crippen molar-refractivity contribution in [2.45, 2.75) is 9.79 Å². The number of rotatable bonds is 5. The Labute approximate surface area is 139 Å². The van der Waals surface area contributed by atoms with Crippen LogP contribution >= 0.6 is 11.8 Å². The molecule has 0 fully saturated rings. The third-order valence-corrected chi connectivity index (χ3v) is 4.00. The minimum absolute atomic E-state index is 0.140. The Morgan fingerprint density at radius 2 is 1.35 bits per heavy atom. The highest BCUT2D eigenvalue weighted by Crippen LogP contribution is 2.27. The summed E-state index contributed by atoms with van der Waals surface area (Å²) >= 11 is 1.63. The Morgan fingerprint density at radius 3 is 1.87 bits per heavy atom. The molecule has 2 aromatic rings. The molecule has 0 spiro atoms. The smallest absolute Gasteiger partial charge is 0.345 e. The maximum absolute atomic E-state index is 11.6. The second-order valence-electron chi connectivity index (χ2n) is 4.53. The van der Waals surface area contributed by atoms with E-state index in [4.69, 9.17) is 0 Å². The first-order chi connectivity index (χ1) is 11.1. The molecule has 4 nitrogen and oxygen atoms in total. The van der Waals surface area contributed by atoms with E-state index >= 15 is 0 Å². The molecule has 0 bridgehead atoms. The average molecular weight is 328 g/mol. The largest absolute Gasteiger partial charge is 0.465 e. The lowest BCUT2D eigenvalue weighted by Gasteiger charge is -2.05.